The Morgan fingerprint density at radius 1 is 1.18 bits per heavy atom. The average Bonchev–Trinajstić information content (AvgIpc) is 2.84. The summed E-state index contributed by atoms with van der Waals surface area (Å²) in [5, 5.41) is 13.1. The molecule has 0 saturated carbocycles. The number of ketones is 1. The highest BCUT2D eigenvalue weighted by atomic mass is 19.1. The maximum absolute atomic E-state index is 14.1. The van der Waals surface area contributed by atoms with E-state index in [9.17, 15) is 14.3 Å². The second kappa shape index (κ2) is 10.2. The van der Waals surface area contributed by atoms with Gasteiger partial charge in [0.25, 0.3) is 5.95 Å². The minimum atomic E-state index is -0.554. The Morgan fingerprint density at radius 2 is 1.97 bits per heavy atom. The van der Waals surface area contributed by atoms with Gasteiger partial charge in [-0.15, -0.1) is 0 Å². The van der Waals surface area contributed by atoms with Gasteiger partial charge in [0, 0.05) is 50.7 Å². The van der Waals surface area contributed by atoms with Crippen LogP contribution >= 0.6 is 0 Å². The van der Waals surface area contributed by atoms with Crippen LogP contribution in [0.2, 0.25) is 0 Å². The molecule has 0 unspecified atom stereocenters. The van der Waals surface area contributed by atoms with Crippen molar-refractivity contribution < 1.29 is 19.0 Å². The van der Waals surface area contributed by atoms with Gasteiger partial charge < -0.3 is 25.0 Å². The molecule has 1 aromatic carbocycles. The summed E-state index contributed by atoms with van der Waals surface area (Å²) < 4.78 is 19.4. The number of aromatic nitrogens is 3. The summed E-state index contributed by atoms with van der Waals surface area (Å²) in [5.41, 5.74) is 2.32. The number of halogens is 1. The van der Waals surface area contributed by atoms with Gasteiger partial charge in [0.05, 0.1) is 37.5 Å². The fourth-order valence-corrected chi connectivity index (χ4v) is 3.30. The molecule has 3 heterocycles. The number of ether oxygens (including phenoxy) is 1. The van der Waals surface area contributed by atoms with Crippen LogP contribution in [0, 0.1) is 5.82 Å². The molecular weight excluding hydrogens is 441 g/mol. The molecule has 0 radical (unpaired) electrons. The molecule has 3 aromatic rings. The summed E-state index contributed by atoms with van der Waals surface area (Å²) >= 11 is 0. The minimum Gasteiger partial charge on any atom is -0.508 e. The van der Waals surface area contributed by atoms with E-state index in [-0.39, 0.29) is 23.2 Å². The van der Waals surface area contributed by atoms with Crippen molar-refractivity contribution in [2.75, 3.05) is 55.5 Å². The van der Waals surface area contributed by atoms with Gasteiger partial charge in [0.15, 0.2) is 11.6 Å². The number of rotatable bonds is 7. The van der Waals surface area contributed by atoms with Gasteiger partial charge in [-0.1, -0.05) is 0 Å². The third kappa shape index (κ3) is 5.62. The lowest BCUT2D eigenvalue weighted by Gasteiger charge is -2.27. The Hall–Kier alpha value is -4.12. The number of benzene rings is 1. The summed E-state index contributed by atoms with van der Waals surface area (Å²) in [6, 6.07) is 8.36. The average molecular weight is 465 g/mol. The lowest BCUT2D eigenvalue weighted by atomic mass is 10.2. The van der Waals surface area contributed by atoms with E-state index in [1.165, 1.54) is 6.20 Å². The first-order chi connectivity index (χ1) is 16.4. The number of hydrogen-bond acceptors (Lipinski definition) is 10. The molecule has 10 nitrogen and oxygen atoms in total. The van der Waals surface area contributed by atoms with Crippen molar-refractivity contribution in [2.24, 2.45) is 4.99 Å². The van der Waals surface area contributed by atoms with Crippen LogP contribution in [0.3, 0.4) is 0 Å². The van der Waals surface area contributed by atoms with Crippen LogP contribution in [0.5, 0.6) is 5.75 Å². The Balaban J connectivity index is 1.43. The predicted octanol–water partition coefficient (Wildman–Crippen LogP) is 2.95. The summed E-state index contributed by atoms with van der Waals surface area (Å²) in [4.78, 5) is 32.2. The second-order valence-electron chi connectivity index (χ2n) is 7.75. The molecule has 2 aromatic heterocycles. The fourth-order valence-electron chi connectivity index (χ4n) is 3.30. The van der Waals surface area contributed by atoms with Gasteiger partial charge in [-0.05, 0) is 18.2 Å². The number of aromatic hydroxyl groups is 1. The first-order valence-corrected chi connectivity index (χ1v) is 10.6. The van der Waals surface area contributed by atoms with E-state index in [0.29, 0.717) is 37.7 Å². The summed E-state index contributed by atoms with van der Waals surface area (Å²) in [7, 11) is 3.75. The van der Waals surface area contributed by atoms with E-state index >= 15 is 0 Å². The van der Waals surface area contributed by atoms with Crippen molar-refractivity contribution >= 4 is 40.8 Å². The number of morpholine rings is 1. The maximum Gasteiger partial charge on any atom is 0.251 e. The molecule has 0 amide bonds. The molecule has 0 atom stereocenters. The highest BCUT2D eigenvalue weighted by Gasteiger charge is 2.17. The number of aliphatic imine (C=N–C) groups is 1. The van der Waals surface area contributed by atoms with Gasteiger partial charge in [0.2, 0.25) is 5.78 Å². The number of nitrogens with zero attached hydrogens (tertiary/aromatic N) is 6. The van der Waals surface area contributed by atoms with Crippen LogP contribution < -0.4 is 15.1 Å². The highest BCUT2D eigenvalue weighted by Crippen LogP contribution is 2.27. The number of Topliss-reactive ketones (excluding diaryl/α,β-unsaturated/α-hetero) is 1. The van der Waals surface area contributed by atoms with Crippen LogP contribution in [0.15, 0.2) is 47.7 Å². The van der Waals surface area contributed by atoms with Gasteiger partial charge in [-0.2, -0.15) is 4.98 Å². The zero-order valence-electron chi connectivity index (χ0n) is 18.8. The molecule has 1 aliphatic heterocycles. The summed E-state index contributed by atoms with van der Waals surface area (Å²) in [5.74, 6) is -0.753. The normalized spacial score (nSPS) is 13.8. The molecule has 0 bridgehead atoms. The monoisotopic (exact) mass is 465 g/mol. The quantitative estimate of drug-likeness (QED) is 0.401. The molecule has 176 valence electrons. The van der Waals surface area contributed by atoms with Crippen molar-refractivity contribution in [3.05, 3.63) is 54.2 Å². The zero-order chi connectivity index (χ0) is 24.1. The smallest absolute Gasteiger partial charge is 0.251 e. The Morgan fingerprint density at radius 3 is 2.68 bits per heavy atom. The molecule has 4 rings (SSSR count). The Kier molecular flexibility index (Phi) is 6.93. The largest absolute Gasteiger partial charge is 0.508 e. The van der Waals surface area contributed by atoms with Gasteiger partial charge in [-0.3, -0.25) is 9.78 Å². The van der Waals surface area contributed by atoms with E-state index in [2.05, 4.69) is 25.3 Å². The minimum absolute atomic E-state index is 0.0184. The zero-order valence-corrected chi connectivity index (χ0v) is 18.8. The third-order valence-electron chi connectivity index (χ3n) is 5.04. The molecule has 11 heteroatoms. The molecule has 0 spiro atoms. The lowest BCUT2D eigenvalue weighted by molar-refractivity contribution is 0.106. The first-order valence-electron chi connectivity index (χ1n) is 10.6. The molecule has 34 heavy (non-hydrogen) atoms. The van der Waals surface area contributed by atoms with E-state index in [0.717, 1.165) is 18.1 Å². The number of phenolic OH excluding ortho intramolecular Hbond substituents is 1. The van der Waals surface area contributed by atoms with Crippen LogP contribution in [0.25, 0.3) is 0 Å². The van der Waals surface area contributed by atoms with Crippen LogP contribution in [-0.4, -0.2) is 72.5 Å². The fraction of sp³-hybridized carbons (Fsp3) is 0.261. The van der Waals surface area contributed by atoms with E-state index in [1.807, 2.05) is 25.1 Å². The lowest BCUT2D eigenvalue weighted by Crippen LogP contribution is -2.37. The number of nitrogens with one attached hydrogen (secondary N) is 1. The molecule has 2 N–H and O–H groups in total. The maximum atomic E-state index is 14.1. The molecule has 1 saturated heterocycles. The first kappa shape index (κ1) is 23.1. The van der Waals surface area contributed by atoms with Crippen molar-refractivity contribution in [3.8, 4) is 5.75 Å². The number of carbonyl (C=O) groups is 1. The van der Waals surface area contributed by atoms with Gasteiger partial charge >= 0.3 is 0 Å². The van der Waals surface area contributed by atoms with Crippen molar-refractivity contribution in [1.29, 1.82) is 0 Å². The number of phenols is 1. The Labute approximate surface area is 195 Å². The highest BCUT2D eigenvalue weighted by molar-refractivity contribution is 6.35. The van der Waals surface area contributed by atoms with Gasteiger partial charge in [-0.25, -0.2) is 14.4 Å². The van der Waals surface area contributed by atoms with Gasteiger partial charge in [0.1, 0.15) is 11.4 Å². The number of hydrogen-bond donors (Lipinski definition) is 2. The van der Waals surface area contributed by atoms with Crippen LogP contribution in [0.1, 0.15) is 10.5 Å². The summed E-state index contributed by atoms with van der Waals surface area (Å²) in [6.45, 7) is 2.00. The molecule has 0 aliphatic carbocycles. The standard InChI is InChI=1S/C23H24FN7O3/c1-30(2)17-9-16(10-18(32)11-17)28-15-3-4-20(25-12-15)21(33)14-27-23-26-13-19(24)22(29-23)31-5-7-34-8-6-31/h3-4,9-14,28,32H,5-8H2,1-2H3. The van der Waals surface area contributed by atoms with Crippen LogP contribution in [-0.2, 0) is 4.74 Å². The van der Waals surface area contributed by atoms with Crippen molar-refractivity contribution in [2.45, 2.75) is 0 Å². The van der Waals surface area contributed by atoms with E-state index in [4.69, 9.17) is 4.74 Å². The van der Waals surface area contributed by atoms with Crippen molar-refractivity contribution in [3.63, 3.8) is 0 Å². The number of anilines is 4. The van der Waals surface area contributed by atoms with E-state index < -0.39 is 11.6 Å². The predicted molar refractivity (Wildman–Crippen MR) is 127 cm³/mol. The molecular formula is C23H24FN7O3. The number of pyridine rings is 1. The van der Waals surface area contributed by atoms with E-state index in [1.54, 1.807) is 29.2 Å². The van der Waals surface area contributed by atoms with Crippen molar-refractivity contribution in [1.82, 2.24) is 15.0 Å². The second-order valence-corrected chi connectivity index (χ2v) is 7.75. The topological polar surface area (TPSA) is 116 Å². The summed E-state index contributed by atoms with van der Waals surface area (Å²) in [6.07, 6.45) is 3.60. The van der Waals surface area contributed by atoms with Crippen LogP contribution in [0.4, 0.5) is 33.2 Å². The molecule has 1 aliphatic rings. The Bertz CT molecular complexity index is 1200. The number of carbonyl (C=O) groups excluding carboxylic acids is 1. The third-order valence-corrected chi connectivity index (χ3v) is 5.04. The molecule has 1 fully saturated rings. The SMILES string of the molecule is CN(C)c1cc(O)cc(Nc2ccc(C(=O)C=Nc3ncc(F)c(N4CCOCC4)n3)nc2)c1.